The second kappa shape index (κ2) is 9.20. The van der Waals surface area contributed by atoms with Gasteiger partial charge in [0.05, 0.1) is 35.1 Å². The van der Waals surface area contributed by atoms with Gasteiger partial charge in [-0.25, -0.2) is 17.9 Å². The number of hydrogen-bond donors (Lipinski definition) is 1. The number of fused-ring (bicyclic) bond motifs is 1. The predicted molar refractivity (Wildman–Crippen MR) is 138 cm³/mol. The highest BCUT2D eigenvalue weighted by Gasteiger charge is 2.17. The molecule has 1 fully saturated rings. The molecule has 35 heavy (non-hydrogen) atoms. The van der Waals surface area contributed by atoms with Crippen LogP contribution >= 0.6 is 0 Å². The number of rotatable bonds is 6. The Morgan fingerprint density at radius 3 is 2.40 bits per heavy atom. The summed E-state index contributed by atoms with van der Waals surface area (Å²) in [5.74, 6) is 1.14. The minimum absolute atomic E-state index is 0.284. The highest BCUT2D eigenvalue weighted by Crippen LogP contribution is 2.32. The zero-order valence-electron chi connectivity index (χ0n) is 20.0. The Morgan fingerprint density at radius 1 is 0.971 bits per heavy atom. The number of piperazine rings is 1. The third-order valence-electron chi connectivity index (χ3n) is 6.28. The predicted octanol–water partition coefficient (Wildman–Crippen LogP) is 3.30. The topological polar surface area (TPSA) is 92.1 Å². The van der Waals surface area contributed by atoms with Crippen molar-refractivity contribution in [3.8, 4) is 17.0 Å². The van der Waals surface area contributed by atoms with Gasteiger partial charge >= 0.3 is 0 Å². The van der Waals surface area contributed by atoms with Crippen molar-refractivity contribution >= 4 is 32.7 Å². The molecule has 10 heteroatoms. The Bertz CT molecular complexity index is 1460. The molecule has 0 bridgehead atoms. The molecule has 0 atom stereocenters. The van der Waals surface area contributed by atoms with Gasteiger partial charge in [0.15, 0.2) is 9.84 Å². The third kappa shape index (κ3) is 4.80. The van der Waals surface area contributed by atoms with Crippen LogP contribution in [0.25, 0.3) is 16.8 Å². The Hall–Kier alpha value is -3.63. The molecule has 3 heterocycles. The maximum absolute atomic E-state index is 11.8. The van der Waals surface area contributed by atoms with Crippen molar-refractivity contribution in [3.63, 3.8) is 0 Å². The second-order valence-corrected chi connectivity index (χ2v) is 10.7. The van der Waals surface area contributed by atoms with Crippen molar-refractivity contribution in [1.29, 1.82) is 0 Å². The normalized spacial score (nSPS) is 14.9. The van der Waals surface area contributed by atoms with E-state index in [-0.39, 0.29) is 4.90 Å². The minimum atomic E-state index is -3.25. The van der Waals surface area contributed by atoms with E-state index >= 15 is 0 Å². The lowest BCUT2D eigenvalue weighted by atomic mass is 10.2. The molecule has 4 aromatic rings. The molecule has 0 amide bonds. The van der Waals surface area contributed by atoms with Crippen molar-refractivity contribution in [1.82, 2.24) is 19.5 Å². The lowest BCUT2D eigenvalue weighted by Crippen LogP contribution is -2.44. The van der Waals surface area contributed by atoms with Crippen LogP contribution in [-0.2, 0) is 9.84 Å². The first-order valence-corrected chi connectivity index (χ1v) is 13.2. The fraction of sp³-hybridized carbons (Fsp3) is 0.280. The van der Waals surface area contributed by atoms with Gasteiger partial charge in [-0.2, -0.15) is 0 Å². The van der Waals surface area contributed by atoms with Crippen LogP contribution in [0.15, 0.2) is 65.7 Å². The fourth-order valence-corrected chi connectivity index (χ4v) is 4.85. The van der Waals surface area contributed by atoms with E-state index in [2.05, 4.69) is 38.3 Å². The largest absolute Gasteiger partial charge is 0.494 e. The summed E-state index contributed by atoms with van der Waals surface area (Å²) in [7, 11) is 0.546. The summed E-state index contributed by atoms with van der Waals surface area (Å²) in [6.07, 6.45) is 2.95. The third-order valence-corrected chi connectivity index (χ3v) is 7.41. The van der Waals surface area contributed by atoms with Crippen LogP contribution in [0.1, 0.15) is 0 Å². The van der Waals surface area contributed by atoms with E-state index in [4.69, 9.17) is 4.74 Å². The quantitative estimate of drug-likeness (QED) is 0.438. The van der Waals surface area contributed by atoms with Gasteiger partial charge in [0.2, 0.25) is 5.95 Å². The van der Waals surface area contributed by atoms with Crippen LogP contribution in [0, 0.1) is 0 Å². The van der Waals surface area contributed by atoms with E-state index in [1.165, 1.54) is 6.26 Å². The fourth-order valence-electron chi connectivity index (χ4n) is 4.22. The summed E-state index contributed by atoms with van der Waals surface area (Å²) in [5, 5.41) is 7.95. The second-order valence-electron chi connectivity index (χ2n) is 8.73. The number of ether oxygens (including phenoxy) is 1. The number of sulfone groups is 1. The monoisotopic (exact) mass is 492 g/mol. The van der Waals surface area contributed by atoms with Crippen LogP contribution in [0.5, 0.6) is 5.75 Å². The molecule has 1 aliphatic heterocycles. The highest BCUT2D eigenvalue weighted by atomic mass is 32.2. The number of likely N-dealkylation sites (N-methyl/N-ethyl adjacent to an activating group) is 1. The number of nitrogens with one attached hydrogen (secondary N) is 1. The lowest BCUT2D eigenvalue weighted by Gasteiger charge is -2.34. The average Bonchev–Trinajstić information content (AvgIpc) is 3.28. The SMILES string of the molecule is COc1cc(N2CCN(C)CC2)ccc1Nc1ncc2ccc(-c3ccc(S(C)(=O)=O)cc3)n2n1. The summed E-state index contributed by atoms with van der Waals surface area (Å²) in [5.41, 5.74) is 4.42. The standard InChI is InChI=1S/C25H28N6O3S/c1-29-12-14-30(15-13-29)19-6-10-22(24(16-19)34-2)27-25-26-17-20-7-11-23(31(20)28-25)18-4-8-21(9-5-18)35(3,32)33/h4-11,16-17H,12-15H2,1-3H3,(H,27,28). The summed E-state index contributed by atoms with van der Waals surface area (Å²) in [6.45, 7) is 4.03. The molecule has 1 saturated heterocycles. The zero-order chi connectivity index (χ0) is 24.6. The first-order chi connectivity index (χ1) is 16.8. The first-order valence-electron chi connectivity index (χ1n) is 11.4. The Balaban J connectivity index is 1.42. The highest BCUT2D eigenvalue weighted by molar-refractivity contribution is 7.90. The van der Waals surface area contributed by atoms with Crippen LogP contribution in [0.2, 0.25) is 0 Å². The van der Waals surface area contributed by atoms with E-state index in [1.54, 1.807) is 42.1 Å². The molecule has 5 rings (SSSR count). The van der Waals surface area contributed by atoms with Gasteiger partial charge < -0.3 is 19.9 Å². The molecule has 0 saturated carbocycles. The van der Waals surface area contributed by atoms with E-state index in [1.807, 2.05) is 24.3 Å². The Labute approximate surface area is 204 Å². The zero-order valence-corrected chi connectivity index (χ0v) is 20.8. The Kier molecular flexibility index (Phi) is 6.08. The van der Waals surface area contributed by atoms with Gasteiger partial charge in [-0.15, -0.1) is 5.10 Å². The molecule has 182 valence electrons. The van der Waals surface area contributed by atoms with Gasteiger partial charge in [0.25, 0.3) is 0 Å². The summed E-state index contributed by atoms with van der Waals surface area (Å²) < 4.78 is 31.0. The molecule has 1 N–H and O–H groups in total. The van der Waals surface area contributed by atoms with Crippen LogP contribution in [-0.4, -0.2) is 74.5 Å². The number of methoxy groups -OCH3 is 1. The molecule has 0 spiro atoms. The van der Waals surface area contributed by atoms with Gasteiger partial charge in [0.1, 0.15) is 5.75 Å². The van der Waals surface area contributed by atoms with Crippen LogP contribution in [0.3, 0.4) is 0 Å². The van der Waals surface area contributed by atoms with Gasteiger partial charge in [-0.05, 0) is 43.4 Å². The summed E-state index contributed by atoms with van der Waals surface area (Å²) >= 11 is 0. The molecule has 1 aliphatic rings. The van der Waals surface area contributed by atoms with E-state index in [0.29, 0.717) is 11.7 Å². The molecule has 9 nitrogen and oxygen atoms in total. The minimum Gasteiger partial charge on any atom is -0.494 e. The number of anilines is 3. The lowest BCUT2D eigenvalue weighted by molar-refractivity contribution is 0.312. The molecule has 2 aromatic carbocycles. The van der Waals surface area contributed by atoms with Crippen molar-refractivity contribution in [3.05, 3.63) is 60.8 Å². The first kappa shape index (κ1) is 23.1. The molecule has 0 radical (unpaired) electrons. The average molecular weight is 493 g/mol. The van der Waals surface area contributed by atoms with Gasteiger partial charge in [-0.1, -0.05) is 12.1 Å². The van der Waals surface area contributed by atoms with Crippen LogP contribution < -0.4 is 15.0 Å². The van der Waals surface area contributed by atoms with E-state index < -0.39 is 9.84 Å². The van der Waals surface area contributed by atoms with Crippen molar-refractivity contribution in [2.45, 2.75) is 4.90 Å². The number of hydrogen-bond acceptors (Lipinski definition) is 8. The van der Waals surface area contributed by atoms with Crippen molar-refractivity contribution < 1.29 is 13.2 Å². The number of benzene rings is 2. The van der Waals surface area contributed by atoms with Gasteiger partial charge in [0, 0.05) is 49.8 Å². The van der Waals surface area contributed by atoms with Gasteiger partial charge in [-0.3, -0.25) is 0 Å². The van der Waals surface area contributed by atoms with Crippen molar-refractivity contribution in [2.75, 3.05) is 56.8 Å². The van der Waals surface area contributed by atoms with Crippen molar-refractivity contribution in [2.24, 2.45) is 0 Å². The molecule has 2 aromatic heterocycles. The maximum atomic E-state index is 11.8. The van der Waals surface area contributed by atoms with Crippen LogP contribution in [0.4, 0.5) is 17.3 Å². The summed E-state index contributed by atoms with van der Waals surface area (Å²) in [6, 6.07) is 16.8. The molecule has 0 unspecified atom stereocenters. The summed E-state index contributed by atoms with van der Waals surface area (Å²) in [4.78, 5) is 9.42. The van der Waals surface area contributed by atoms with E-state index in [0.717, 1.165) is 54.3 Å². The van der Waals surface area contributed by atoms with E-state index in [9.17, 15) is 8.42 Å². The molecular weight excluding hydrogens is 464 g/mol. The maximum Gasteiger partial charge on any atom is 0.245 e. The molecular formula is C25H28N6O3S. The molecule has 0 aliphatic carbocycles. The smallest absolute Gasteiger partial charge is 0.245 e. The number of nitrogens with zero attached hydrogens (tertiary/aromatic N) is 5. The Morgan fingerprint density at radius 2 is 1.71 bits per heavy atom. The number of aromatic nitrogens is 3.